The minimum atomic E-state index is -0.197. The quantitative estimate of drug-likeness (QED) is 0.719. The molecule has 29 heavy (non-hydrogen) atoms. The second-order valence-corrected chi connectivity index (χ2v) is 7.41. The van der Waals surface area contributed by atoms with E-state index in [-0.39, 0.29) is 11.9 Å². The summed E-state index contributed by atoms with van der Waals surface area (Å²) in [6, 6.07) is 16.2. The zero-order valence-electron chi connectivity index (χ0n) is 16.9. The number of rotatable bonds is 5. The summed E-state index contributed by atoms with van der Waals surface area (Å²) in [4.78, 5) is 12.9. The lowest BCUT2D eigenvalue weighted by Crippen LogP contribution is -2.29. The highest BCUT2D eigenvalue weighted by Gasteiger charge is 2.24. The summed E-state index contributed by atoms with van der Waals surface area (Å²) in [7, 11) is 0. The molecule has 1 aliphatic rings. The van der Waals surface area contributed by atoms with E-state index < -0.39 is 0 Å². The summed E-state index contributed by atoms with van der Waals surface area (Å²) >= 11 is 0. The highest BCUT2D eigenvalue weighted by Crippen LogP contribution is 2.31. The average Bonchev–Trinajstić information content (AvgIpc) is 2.98. The molecule has 4 rings (SSSR count). The van der Waals surface area contributed by atoms with E-state index in [0.29, 0.717) is 18.8 Å². The Morgan fingerprint density at radius 3 is 2.72 bits per heavy atom. The van der Waals surface area contributed by atoms with Crippen molar-refractivity contribution >= 4 is 5.91 Å². The van der Waals surface area contributed by atoms with Crippen LogP contribution in [0.15, 0.2) is 48.5 Å². The number of nitrogens with zero attached hydrogens (tertiary/aromatic N) is 3. The molecule has 0 aliphatic carbocycles. The van der Waals surface area contributed by atoms with Crippen LogP contribution in [0.1, 0.15) is 58.7 Å². The lowest BCUT2D eigenvalue weighted by atomic mass is 10.0. The fraction of sp³-hybridized carbons (Fsp3) is 0.348. The smallest absolute Gasteiger partial charge is 0.274 e. The molecule has 0 fully saturated rings. The number of carbonyl (C=O) groups is 1. The molecule has 0 bridgehead atoms. The number of hydrogen-bond acceptors (Lipinski definition) is 4. The highest BCUT2D eigenvalue weighted by atomic mass is 16.5. The van der Waals surface area contributed by atoms with Crippen molar-refractivity contribution in [1.82, 2.24) is 20.3 Å². The number of hydrogen-bond donors (Lipinski definition) is 1. The normalized spacial score (nSPS) is 15.9. The van der Waals surface area contributed by atoms with Gasteiger partial charge in [0.2, 0.25) is 0 Å². The number of ether oxygens (including phenoxy) is 1. The van der Waals surface area contributed by atoms with Crippen molar-refractivity contribution in [2.45, 2.75) is 45.7 Å². The molecule has 1 N–H and O–H groups in total. The minimum absolute atomic E-state index is 0.0904. The average molecular weight is 390 g/mol. The molecule has 1 aliphatic heterocycles. The van der Waals surface area contributed by atoms with Crippen molar-refractivity contribution < 1.29 is 9.53 Å². The van der Waals surface area contributed by atoms with Crippen molar-refractivity contribution in [3.8, 4) is 5.75 Å². The Morgan fingerprint density at radius 2 is 1.93 bits per heavy atom. The van der Waals surface area contributed by atoms with Gasteiger partial charge in [0.1, 0.15) is 5.75 Å². The molecule has 3 aromatic rings. The van der Waals surface area contributed by atoms with Crippen LogP contribution in [0.2, 0.25) is 0 Å². The first-order valence-electron chi connectivity index (χ1n) is 10.2. The molecular weight excluding hydrogens is 364 g/mol. The van der Waals surface area contributed by atoms with Gasteiger partial charge in [-0.05, 0) is 43.4 Å². The van der Waals surface area contributed by atoms with Crippen LogP contribution in [0, 0.1) is 6.92 Å². The SMILES string of the molecule is CCc1ccc(Cn2nnc(C(=O)N[C@H]3CCCOc4ccccc43)c2C)cc1. The maximum absolute atomic E-state index is 12.9. The van der Waals surface area contributed by atoms with Crippen LogP contribution in [0.4, 0.5) is 0 Å². The molecule has 0 radical (unpaired) electrons. The van der Waals surface area contributed by atoms with Crippen molar-refractivity contribution in [3.05, 3.63) is 76.6 Å². The van der Waals surface area contributed by atoms with E-state index in [0.717, 1.165) is 41.8 Å². The van der Waals surface area contributed by atoms with Gasteiger partial charge >= 0.3 is 0 Å². The Morgan fingerprint density at radius 1 is 1.17 bits per heavy atom. The summed E-state index contributed by atoms with van der Waals surface area (Å²) < 4.78 is 7.57. The van der Waals surface area contributed by atoms with Gasteiger partial charge in [0.25, 0.3) is 5.91 Å². The van der Waals surface area contributed by atoms with Crippen molar-refractivity contribution in [2.24, 2.45) is 0 Å². The summed E-state index contributed by atoms with van der Waals surface area (Å²) in [5.41, 5.74) is 4.59. The number of aryl methyl sites for hydroxylation is 1. The molecule has 1 amide bonds. The van der Waals surface area contributed by atoms with Crippen LogP contribution in [-0.2, 0) is 13.0 Å². The van der Waals surface area contributed by atoms with Gasteiger partial charge in [-0.2, -0.15) is 0 Å². The van der Waals surface area contributed by atoms with E-state index >= 15 is 0 Å². The number of fused-ring (bicyclic) bond motifs is 1. The predicted molar refractivity (Wildman–Crippen MR) is 111 cm³/mol. The first-order valence-corrected chi connectivity index (χ1v) is 10.2. The van der Waals surface area contributed by atoms with Gasteiger partial charge in [-0.15, -0.1) is 5.10 Å². The van der Waals surface area contributed by atoms with E-state index in [1.165, 1.54) is 5.56 Å². The third-order valence-corrected chi connectivity index (χ3v) is 5.46. The van der Waals surface area contributed by atoms with Crippen LogP contribution in [0.3, 0.4) is 0 Å². The number of amides is 1. The van der Waals surface area contributed by atoms with Gasteiger partial charge in [0, 0.05) is 5.56 Å². The van der Waals surface area contributed by atoms with E-state index in [4.69, 9.17) is 4.74 Å². The summed E-state index contributed by atoms with van der Waals surface area (Å²) in [6.07, 6.45) is 2.74. The molecule has 0 saturated heterocycles. The van der Waals surface area contributed by atoms with Crippen molar-refractivity contribution in [1.29, 1.82) is 0 Å². The van der Waals surface area contributed by atoms with Gasteiger partial charge in [-0.25, -0.2) is 4.68 Å². The molecule has 6 nitrogen and oxygen atoms in total. The number of benzene rings is 2. The van der Waals surface area contributed by atoms with Gasteiger partial charge in [0.15, 0.2) is 5.69 Å². The van der Waals surface area contributed by atoms with Crippen LogP contribution in [0.25, 0.3) is 0 Å². The molecular formula is C23H26N4O2. The third kappa shape index (κ3) is 4.16. The maximum Gasteiger partial charge on any atom is 0.274 e. The van der Waals surface area contributed by atoms with Gasteiger partial charge in [0.05, 0.1) is 24.9 Å². The third-order valence-electron chi connectivity index (χ3n) is 5.46. The zero-order valence-corrected chi connectivity index (χ0v) is 16.9. The highest BCUT2D eigenvalue weighted by molar-refractivity contribution is 5.93. The first kappa shape index (κ1) is 19.2. The summed E-state index contributed by atoms with van der Waals surface area (Å²) in [6.45, 7) is 5.28. The van der Waals surface area contributed by atoms with E-state index in [1.54, 1.807) is 4.68 Å². The minimum Gasteiger partial charge on any atom is -0.493 e. The van der Waals surface area contributed by atoms with E-state index in [9.17, 15) is 4.79 Å². The predicted octanol–water partition coefficient (Wildman–Crippen LogP) is 3.84. The molecule has 0 saturated carbocycles. The summed E-state index contributed by atoms with van der Waals surface area (Å²) in [5, 5.41) is 11.5. The Labute approximate surface area is 170 Å². The molecule has 2 aromatic carbocycles. The van der Waals surface area contributed by atoms with Crippen molar-refractivity contribution in [2.75, 3.05) is 6.61 Å². The molecule has 6 heteroatoms. The Bertz CT molecular complexity index is 994. The molecule has 1 atom stereocenters. The Hall–Kier alpha value is -3.15. The lowest BCUT2D eigenvalue weighted by Gasteiger charge is -2.17. The Kier molecular flexibility index (Phi) is 5.60. The van der Waals surface area contributed by atoms with Crippen LogP contribution >= 0.6 is 0 Å². The van der Waals surface area contributed by atoms with Crippen LogP contribution in [-0.4, -0.2) is 27.5 Å². The lowest BCUT2D eigenvalue weighted by molar-refractivity contribution is 0.0929. The van der Waals surface area contributed by atoms with E-state index in [1.807, 2.05) is 31.2 Å². The standard InChI is InChI=1S/C23H26N4O2/c1-3-17-10-12-18(13-11-17)15-27-16(2)22(25-26-27)23(28)24-20-8-6-14-29-21-9-5-4-7-19(20)21/h4-5,7,9-13,20H,3,6,8,14-15H2,1-2H3,(H,24,28)/t20-/m0/s1. The number of nitrogens with one attached hydrogen (secondary N) is 1. The first-order chi connectivity index (χ1) is 14.2. The molecule has 1 aromatic heterocycles. The topological polar surface area (TPSA) is 69.0 Å². The zero-order chi connectivity index (χ0) is 20.2. The number of para-hydroxylation sites is 1. The van der Waals surface area contributed by atoms with Gasteiger partial charge < -0.3 is 10.1 Å². The fourth-order valence-electron chi connectivity index (χ4n) is 3.68. The second-order valence-electron chi connectivity index (χ2n) is 7.41. The molecule has 0 spiro atoms. The van der Waals surface area contributed by atoms with Gasteiger partial charge in [-0.3, -0.25) is 4.79 Å². The number of carbonyl (C=O) groups excluding carboxylic acids is 1. The van der Waals surface area contributed by atoms with Gasteiger partial charge in [-0.1, -0.05) is 54.6 Å². The molecule has 0 unspecified atom stereocenters. The monoisotopic (exact) mass is 390 g/mol. The van der Waals surface area contributed by atoms with Crippen LogP contribution in [0.5, 0.6) is 5.75 Å². The second kappa shape index (κ2) is 8.47. The van der Waals surface area contributed by atoms with Crippen molar-refractivity contribution in [3.63, 3.8) is 0 Å². The Balaban J connectivity index is 1.50. The molecule has 2 heterocycles. The van der Waals surface area contributed by atoms with E-state index in [2.05, 4.69) is 46.8 Å². The maximum atomic E-state index is 12.9. The fourth-order valence-corrected chi connectivity index (χ4v) is 3.68. The summed E-state index contributed by atoms with van der Waals surface area (Å²) in [5.74, 6) is 0.642. The van der Waals surface area contributed by atoms with Crippen LogP contribution < -0.4 is 10.1 Å². The largest absolute Gasteiger partial charge is 0.493 e. The molecule has 150 valence electrons. The number of aromatic nitrogens is 3.